The van der Waals surface area contributed by atoms with Gasteiger partial charge in [0, 0.05) is 23.7 Å². The number of hydrogen-bond acceptors (Lipinski definition) is 3. The maximum atomic E-state index is 14.1. The number of hydrogen-bond donors (Lipinski definition) is 2. The Balaban J connectivity index is 1.96. The average molecular weight is 295 g/mol. The fraction of sp³-hybridized carbons (Fsp3) is 0.429. The average Bonchev–Trinajstić information content (AvgIpc) is 3.14. The van der Waals surface area contributed by atoms with Gasteiger partial charge < -0.3 is 11.1 Å². The number of nitrogens with zero attached hydrogens (tertiary/aromatic N) is 1. The fourth-order valence-electron chi connectivity index (χ4n) is 1.99. The van der Waals surface area contributed by atoms with E-state index in [1.807, 2.05) is 0 Å². The van der Waals surface area contributed by atoms with Crippen molar-refractivity contribution < 1.29 is 9.18 Å². The third kappa shape index (κ3) is 3.98. The van der Waals surface area contributed by atoms with Crippen LogP contribution in [0.1, 0.15) is 24.0 Å². The van der Waals surface area contributed by atoms with E-state index in [1.165, 1.54) is 0 Å². The van der Waals surface area contributed by atoms with Crippen LogP contribution in [0, 0.1) is 5.82 Å². The summed E-state index contributed by atoms with van der Waals surface area (Å²) < 4.78 is 14.1. The first-order valence-electron chi connectivity index (χ1n) is 6.52. The molecular formula is C14H18FN3OS. The van der Waals surface area contributed by atoms with Crippen LogP contribution in [0.25, 0.3) is 0 Å². The summed E-state index contributed by atoms with van der Waals surface area (Å²) in [6.07, 6.45) is 2.11. The van der Waals surface area contributed by atoms with Crippen LogP contribution in [0.4, 0.5) is 4.39 Å². The van der Waals surface area contributed by atoms with Gasteiger partial charge in [0.25, 0.3) is 0 Å². The molecule has 108 valence electrons. The van der Waals surface area contributed by atoms with Crippen LogP contribution in [-0.4, -0.2) is 35.4 Å². The molecule has 1 fully saturated rings. The SMILES string of the molecule is CN(CC(=O)NC1CC1)Cc1cccc(C(N)=S)c1F. The molecule has 0 bridgehead atoms. The lowest BCUT2D eigenvalue weighted by Crippen LogP contribution is -2.36. The number of rotatable bonds is 6. The number of nitrogens with two attached hydrogens (primary N) is 1. The number of likely N-dealkylation sites (N-methyl/N-ethyl adjacent to an activating group) is 1. The lowest BCUT2D eigenvalue weighted by Gasteiger charge is -2.17. The summed E-state index contributed by atoms with van der Waals surface area (Å²) in [6, 6.07) is 5.28. The molecule has 3 N–H and O–H groups in total. The minimum absolute atomic E-state index is 0.0269. The smallest absolute Gasteiger partial charge is 0.234 e. The van der Waals surface area contributed by atoms with Crippen LogP contribution >= 0.6 is 12.2 Å². The molecule has 1 aliphatic carbocycles. The van der Waals surface area contributed by atoms with Crippen LogP contribution in [0.3, 0.4) is 0 Å². The van der Waals surface area contributed by atoms with Crippen LogP contribution in [0.2, 0.25) is 0 Å². The molecule has 0 radical (unpaired) electrons. The van der Waals surface area contributed by atoms with E-state index in [4.69, 9.17) is 18.0 Å². The van der Waals surface area contributed by atoms with Crippen molar-refractivity contribution in [2.75, 3.05) is 13.6 Å². The Kier molecular flexibility index (Phi) is 4.67. The zero-order chi connectivity index (χ0) is 14.7. The second kappa shape index (κ2) is 6.28. The first kappa shape index (κ1) is 14.9. The van der Waals surface area contributed by atoms with E-state index in [1.54, 1.807) is 30.1 Å². The van der Waals surface area contributed by atoms with Gasteiger partial charge in [0.05, 0.1) is 6.54 Å². The normalized spacial score (nSPS) is 14.3. The van der Waals surface area contributed by atoms with E-state index in [0.717, 1.165) is 12.8 Å². The minimum Gasteiger partial charge on any atom is -0.389 e. The Morgan fingerprint density at radius 1 is 1.55 bits per heavy atom. The lowest BCUT2D eigenvalue weighted by atomic mass is 10.1. The van der Waals surface area contributed by atoms with Gasteiger partial charge in [0.15, 0.2) is 0 Å². The van der Waals surface area contributed by atoms with Gasteiger partial charge in [-0.25, -0.2) is 4.39 Å². The number of halogens is 1. The summed E-state index contributed by atoms with van der Waals surface area (Å²) in [7, 11) is 1.78. The van der Waals surface area contributed by atoms with Gasteiger partial charge in [-0.15, -0.1) is 0 Å². The van der Waals surface area contributed by atoms with Gasteiger partial charge in [-0.3, -0.25) is 9.69 Å². The Bertz CT molecular complexity index is 531. The molecule has 0 aromatic heterocycles. The largest absolute Gasteiger partial charge is 0.389 e. The summed E-state index contributed by atoms with van der Waals surface area (Å²) in [5.41, 5.74) is 6.20. The molecule has 6 heteroatoms. The molecule has 2 rings (SSSR count). The van der Waals surface area contributed by atoms with Crippen LogP contribution < -0.4 is 11.1 Å². The molecular weight excluding hydrogens is 277 g/mol. The predicted molar refractivity (Wildman–Crippen MR) is 79.8 cm³/mol. The highest BCUT2D eigenvalue weighted by atomic mass is 32.1. The molecule has 1 aliphatic rings. The second-order valence-corrected chi connectivity index (χ2v) is 5.60. The van der Waals surface area contributed by atoms with Crippen molar-refractivity contribution >= 4 is 23.1 Å². The van der Waals surface area contributed by atoms with Crippen molar-refractivity contribution in [2.24, 2.45) is 5.73 Å². The van der Waals surface area contributed by atoms with Crippen molar-refractivity contribution in [3.8, 4) is 0 Å². The maximum Gasteiger partial charge on any atom is 0.234 e. The van der Waals surface area contributed by atoms with E-state index in [0.29, 0.717) is 18.2 Å². The zero-order valence-corrected chi connectivity index (χ0v) is 12.2. The van der Waals surface area contributed by atoms with Crippen molar-refractivity contribution in [2.45, 2.75) is 25.4 Å². The van der Waals surface area contributed by atoms with Gasteiger partial charge in [0.2, 0.25) is 5.91 Å². The van der Waals surface area contributed by atoms with Gasteiger partial charge >= 0.3 is 0 Å². The Morgan fingerprint density at radius 2 is 2.25 bits per heavy atom. The van der Waals surface area contributed by atoms with Gasteiger partial charge in [0.1, 0.15) is 10.8 Å². The fourth-order valence-corrected chi connectivity index (χ4v) is 2.14. The third-order valence-corrected chi connectivity index (χ3v) is 3.36. The van der Waals surface area contributed by atoms with Crippen molar-refractivity contribution in [1.82, 2.24) is 10.2 Å². The number of thiocarbonyl (C=S) groups is 1. The number of carbonyl (C=O) groups excluding carboxylic acids is 1. The number of carbonyl (C=O) groups is 1. The monoisotopic (exact) mass is 295 g/mol. The molecule has 4 nitrogen and oxygen atoms in total. The lowest BCUT2D eigenvalue weighted by molar-refractivity contribution is -0.122. The van der Waals surface area contributed by atoms with Crippen LogP contribution in [0.15, 0.2) is 18.2 Å². The molecule has 1 saturated carbocycles. The predicted octanol–water partition coefficient (Wildman–Crippen LogP) is 1.17. The number of nitrogens with one attached hydrogen (secondary N) is 1. The summed E-state index contributed by atoms with van der Waals surface area (Å²) in [5.74, 6) is -0.435. The Morgan fingerprint density at radius 3 is 2.85 bits per heavy atom. The summed E-state index contributed by atoms with van der Waals surface area (Å²) in [4.78, 5) is 13.5. The van der Waals surface area contributed by atoms with Gasteiger partial charge in [-0.05, 0) is 26.0 Å². The molecule has 1 aromatic rings. The molecule has 0 heterocycles. The zero-order valence-electron chi connectivity index (χ0n) is 11.4. The Labute approximate surface area is 123 Å². The van der Waals surface area contributed by atoms with E-state index >= 15 is 0 Å². The van der Waals surface area contributed by atoms with Gasteiger partial charge in [-0.1, -0.05) is 24.4 Å². The quantitative estimate of drug-likeness (QED) is 0.774. The standard InChI is InChI=1S/C14H18FN3OS/c1-18(8-12(19)17-10-5-6-10)7-9-3-2-4-11(13(9)15)14(16)20/h2-4,10H,5-8H2,1H3,(H2,16,20)(H,17,19). The maximum absolute atomic E-state index is 14.1. The third-order valence-electron chi connectivity index (χ3n) is 3.14. The summed E-state index contributed by atoms with van der Waals surface area (Å²) >= 11 is 4.81. The van der Waals surface area contributed by atoms with E-state index in [9.17, 15) is 9.18 Å². The first-order chi connectivity index (χ1) is 9.47. The minimum atomic E-state index is -0.408. The highest BCUT2D eigenvalue weighted by Gasteiger charge is 2.23. The molecule has 1 aromatic carbocycles. The van der Waals surface area contributed by atoms with Crippen LogP contribution in [0.5, 0.6) is 0 Å². The van der Waals surface area contributed by atoms with Crippen molar-refractivity contribution in [1.29, 1.82) is 0 Å². The molecule has 0 saturated heterocycles. The van der Waals surface area contributed by atoms with E-state index < -0.39 is 5.82 Å². The highest BCUT2D eigenvalue weighted by molar-refractivity contribution is 7.80. The van der Waals surface area contributed by atoms with Crippen LogP contribution in [-0.2, 0) is 11.3 Å². The molecule has 1 amide bonds. The molecule has 0 aliphatic heterocycles. The van der Waals surface area contributed by atoms with E-state index in [-0.39, 0.29) is 23.0 Å². The molecule has 0 atom stereocenters. The van der Waals surface area contributed by atoms with Crippen molar-refractivity contribution in [3.05, 3.63) is 35.1 Å². The first-order valence-corrected chi connectivity index (χ1v) is 6.93. The number of amides is 1. The molecule has 20 heavy (non-hydrogen) atoms. The highest BCUT2D eigenvalue weighted by Crippen LogP contribution is 2.18. The summed E-state index contributed by atoms with van der Waals surface area (Å²) in [5, 5.41) is 2.90. The topological polar surface area (TPSA) is 58.4 Å². The Hall–Kier alpha value is -1.53. The van der Waals surface area contributed by atoms with E-state index in [2.05, 4.69) is 5.32 Å². The second-order valence-electron chi connectivity index (χ2n) is 5.16. The van der Waals surface area contributed by atoms with Gasteiger partial charge in [-0.2, -0.15) is 0 Å². The number of benzene rings is 1. The molecule has 0 unspecified atom stereocenters. The summed E-state index contributed by atoms with van der Waals surface area (Å²) in [6.45, 7) is 0.577. The van der Waals surface area contributed by atoms with Crippen molar-refractivity contribution in [3.63, 3.8) is 0 Å². The molecule has 0 spiro atoms.